The fraction of sp³-hybridized carbons (Fsp3) is 0.909. The molecule has 0 rings (SSSR count). The van der Waals surface area contributed by atoms with Gasteiger partial charge in [-0.15, -0.1) is 0 Å². The maximum absolute atomic E-state index is 11.3. The van der Waals surface area contributed by atoms with Crippen molar-refractivity contribution in [3.8, 4) is 0 Å². The first-order valence-corrected chi connectivity index (χ1v) is 5.02. The highest BCUT2D eigenvalue weighted by Gasteiger charge is 2.27. The summed E-state index contributed by atoms with van der Waals surface area (Å²) in [6, 6.07) is 0. The summed E-state index contributed by atoms with van der Waals surface area (Å²) in [6.07, 6.45) is 1.04. The van der Waals surface area contributed by atoms with E-state index in [2.05, 4.69) is 26.1 Å². The molecular formula is C11H23NO2. The lowest BCUT2D eigenvalue weighted by molar-refractivity contribution is -0.147. The molecule has 3 nitrogen and oxygen atoms in total. The molecule has 0 atom stereocenters. The average Bonchev–Trinajstić information content (AvgIpc) is 2.00. The maximum Gasteiger partial charge on any atom is 0.325 e. The lowest BCUT2D eigenvalue weighted by Gasteiger charge is -2.26. The SMILES string of the molecule is COC(=O)C(C)(C)NCCC(C)(C)C. The monoisotopic (exact) mass is 201 g/mol. The first-order valence-electron chi connectivity index (χ1n) is 5.02. The van der Waals surface area contributed by atoms with Crippen LogP contribution in [0.25, 0.3) is 0 Å². The van der Waals surface area contributed by atoms with Crippen LogP contribution in [0.1, 0.15) is 41.0 Å². The summed E-state index contributed by atoms with van der Waals surface area (Å²) in [5, 5.41) is 3.19. The maximum atomic E-state index is 11.3. The molecular weight excluding hydrogens is 178 g/mol. The summed E-state index contributed by atoms with van der Waals surface area (Å²) in [4.78, 5) is 11.3. The van der Waals surface area contributed by atoms with E-state index in [-0.39, 0.29) is 5.97 Å². The highest BCUT2D eigenvalue weighted by molar-refractivity contribution is 5.79. The third kappa shape index (κ3) is 5.22. The van der Waals surface area contributed by atoms with Crippen molar-refractivity contribution in [3.63, 3.8) is 0 Å². The van der Waals surface area contributed by atoms with Gasteiger partial charge in [0, 0.05) is 0 Å². The molecule has 84 valence electrons. The Morgan fingerprint density at radius 3 is 2.07 bits per heavy atom. The van der Waals surface area contributed by atoms with Gasteiger partial charge in [-0.3, -0.25) is 4.79 Å². The van der Waals surface area contributed by atoms with Crippen LogP contribution in [0, 0.1) is 5.41 Å². The average molecular weight is 201 g/mol. The zero-order chi connectivity index (χ0) is 11.4. The fourth-order valence-corrected chi connectivity index (χ4v) is 1.08. The van der Waals surface area contributed by atoms with Gasteiger partial charge in [0.1, 0.15) is 5.54 Å². The molecule has 0 heterocycles. The number of carbonyl (C=O) groups is 1. The number of nitrogens with one attached hydrogen (secondary N) is 1. The third-order valence-corrected chi connectivity index (χ3v) is 2.14. The molecule has 14 heavy (non-hydrogen) atoms. The Bertz CT molecular complexity index is 192. The molecule has 0 unspecified atom stereocenters. The molecule has 0 aromatic heterocycles. The van der Waals surface area contributed by atoms with Gasteiger partial charge in [0.05, 0.1) is 7.11 Å². The second kappa shape index (κ2) is 4.78. The van der Waals surface area contributed by atoms with E-state index in [1.54, 1.807) is 0 Å². The quantitative estimate of drug-likeness (QED) is 0.707. The minimum absolute atomic E-state index is 0.216. The summed E-state index contributed by atoms with van der Waals surface area (Å²) in [5.41, 5.74) is -0.292. The third-order valence-electron chi connectivity index (χ3n) is 2.14. The Morgan fingerprint density at radius 2 is 1.71 bits per heavy atom. The lowest BCUT2D eigenvalue weighted by atomic mass is 9.92. The minimum Gasteiger partial charge on any atom is -0.468 e. The lowest BCUT2D eigenvalue weighted by Crippen LogP contribution is -2.48. The Morgan fingerprint density at radius 1 is 1.21 bits per heavy atom. The van der Waals surface area contributed by atoms with Gasteiger partial charge >= 0.3 is 5.97 Å². The molecule has 0 saturated heterocycles. The second-order valence-corrected chi connectivity index (χ2v) is 5.35. The number of ether oxygens (including phenoxy) is 1. The molecule has 0 aromatic carbocycles. The van der Waals surface area contributed by atoms with E-state index in [9.17, 15) is 4.79 Å². The van der Waals surface area contributed by atoms with E-state index in [0.717, 1.165) is 13.0 Å². The molecule has 0 fully saturated rings. The van der Waals surface area contributed by atoms with Crippen LogP contribution in [-0.2, 0) is 9.53 Å². The predicted octanol–water partition coefficient (Wildman–Crippen LogP) is 1.96. The van der Waals surface area contributed by atoms with Gasteiger partial charge < -0.3 is 10.1 Å². The highest BCUT2D eigenvalue weighted by Crippen LogP contribution is 2.17. The number of rotatable bonds is 4. The van der Waals surface area contributed by atoms with E-state index in [4.69, 9.17) is 4.74 Å². The van der Waals surface area contributed by atoms with Crippen LogP contribution in [-0.4, -0.2) is 25.2 Å². The molecule has 0 aliphatic heterocycles. The van der Waals surface area contributed by atoms with Crippen molar-refractivity contribution in [2.45, 2.75) is 46.6 Å². The zero-order valence-corrected chi connectivity index (χ0v) is 10.2. The van der Waals surface area contributed by atoms with Gasteiger partial charge in [-0.25, -0.2) is 0 Å². The van der Waals surface area contributed by atoms with Crippen LogP contribution >= 0.6 is 0 Å². The minimum atomic E-state index is -0.583. The Kier molecular flexibility index (Phi) is 4.59. The first-order chi connectivity index (χ1) is 6.19. The number of hydrogen-bond donors (Lipinski definition) is 1. The molecule has 0 saturated carbocycles. The van der Waals surface area contributed by atoms with Crippen molar-refractivity contribution >= 4 is 5.97 Å². The van der Waals surface area contributed by atoms with Crippen LogP contribution in [0.5, 0.6) is 0 Å². The van der Waals surface area contributed by atoms with Crippen molar-refractivity contribution in [2.24, 2.45) is 5.41 Å². The van der Waals surface area contributed by atoms with E-state index >= 15 is 0 Å². The van der Waals surface area contributed by atoms with E-state index < -0.39 is 5.54 Å². The van der Waals surface area contributed by atoms with Crippen molar-refractivity contribution in [1.82, 2.24) is 5.32 Å². The molecule has 0 spiro atoms. The summed E-state index contributed by atoms with van der Waals surface area (Å²) >= 11 is 0. The van der Waals surface area contributed by atoms with Gasteiger partial charge in [0.2, 0.25) is 0 Å². The topological polar surface area (TPSA) is 38.3 Å². The number of methoxy groups -OCH3 is 1. The van der Waals surface area contributed by atoms with Gasteiger partial charge in [0.25, 0.3) is 0 Å². The van der Waals surface area contributed by atoms with Crippen LogP contribution in [0.2, 0.25) is 0 Å². The Balaban J connectivity index is 3.94. The summed E-state index contributed by atoms with van der Waals surface area (Å²) < 4.78 is 4.70. The fourth-order valence-electron chi connectivity index (χ4n) is 1.08. The molecule has 0 bridgehead atoms. The second-order valence-electron chi connectivity index (χ2n) is 5.35. The number of carbonyl (C=O) groups excluding carboxylic acids is 1. The zero-order valence-electron chi connectivity index (χ0n) is 10.2. The van der Waals surface area contributed by atoms with Crippen LogP contribution < -0.4 is 5.32 Å². The Labute approximate surface area is 87.2 Å². The van der Waals surface area contributed by atoms with Crippen molar-refractivity contribution in [1.29, 1.82) is 0 Å². The van der Waals surface area contributed by atoms with Gasteiger partial charge in [0.15, 0.2) is 0 Å². The normalized spacial score (nSPS) is 12.7. The molecule has 0 aliphatic carbocycles. The van der Waals surface area contributed by atoms with Crippen molar-refractivity contribution < 1.29 is 9.53 Å². The van der Waals surface area contributed by atoms with E-state index in [1.165, 1.54) is 7.11 Å². The highest BCUT2D eigenvalue weighted by atomic mass is 16.5. The summed E-state index contributed by atoms with van der Waals surface area (Å²) in [7, 11) is 1.41. The molecule has 0 aliphatic rings. The molecule has 0 aromatic rings. The smallest absolute Gasteiger partial charge is 0.325 e. The van der Waals surface area contributed by atoms with Crippen molar-refractivity contribution in [2.75, 3.05) is 13.7 Å². The first kappa shape index (κ1) is 13.4. The van der Waals surface area contributed by atoms with E-state index in [0.29, 0.717) is 5.41 Å². The van der Waals surface area contributed by atoms with Gasteiger partial charge in [-0.05, 0) is 32.2 Å². The van der Waals surface area contributed by atoms with Gasteiger partial charge in [-0.2, -0.15) is 0 Å². The largest absolute Gasteiger partial charge is 0.468 e. The van der Waals surface area contributed by atoms with Crippen LogP contribution in [0.15, 0.2) is 0 Å². The van der Waals surface area contributed by atoms with Crippen LogP contribution in [0.3, 0.4) is 0 Å². The standard InChI is InChI=1S/C11H23NO2/c1-10(2,3)7-8-12-11(4,5)9(13)14-6/h12H,7-8H2,1-6H3. The predicted molar refractivity (Wildman–Crippen MR) is 58.2 cm³/mol. The Hall–Kier alpha value is -0.570. The number of esters is 1. The number of hydrogen-bond acceptors (Lipinski definition) is 3. The molecule has 0 radical (unpaired) electrons. The van der Waals surface area contributed by atoms with E-state index in [1.807, 2.05) is 13.8 Å². The molecule has 1 N–H and O–H groups in total. The summed E-state index contributed by atoms with van der Waals surface area (Å²) in [5.74, 6) is -0.216. The molecule has 0 amide bonds. The van der Waals surface area contributed by atoms with Gasteiger partial charge in [-0.1, -0.05) is 20.8 Å². The summed E-state index contributed by atoms with van der Waals surface area (Å²) in [6.45, 7) is 11.0. The van der Waals surface area contributed by atoms with Crippen molar-refractivity contribution in [3.05, 3.63) is 0 Å². The molecule has 3 heteroatoms. The van der Waals surface area contributed by atoms with Crippen LogP contribution in [0.4, 0.5) is 0 Å².